The van der Waals surface area contributed by atoms with E-state index in [1.807, 2.05) is 33.8 Å². The molecule has 0 amide bonds. The lowest BCUT2D eigenvalue weighted by Gasteiger charge is -2.18. The molecule has 0 N–H and O–H groups in total. The lowest BCUT2D eigenvalue weighted by molar-refractivity contribution is -0.00247. The molecule has 0 radical (unpaired) electrons. The third-order valence-corrected chi connectivity index (χ3v) is 2.11. The first-order valence-electron chi connectivity index (χ1n) is 6.35. The fourth-order valence-electron chi connectivity index (χ4n) is 1.22. The third-order valence-electron chi connectivity index (χ3n) is 2.11. The molecule has 0 bridgehead atoms. The Bertz CT molecular complexity index is 315. The number of carbonyl (C=O) groups excluding carboxylic acids is 1. The van der Waals surface area contributed by atoms with Gasteiger partial charge in [0.15, 0.2) is 0 Å². The van der Waals surface area contributed by atoms with Crippen molar-refractivity contribution in [2.45, 2.75) is 60.0 Å². The van der Waals surface area contributed by atoms with Crippen LogP contribution in [0.15, 0.2) is 23.3 Å². The maximum atomic E-state index is 11.3. The quantitative estimate of drug-likeness (QED) is 0.530. The summed E-state index contributed by atoms with van der Waals surface area (Å²) in [5, 5.41) is 0. The second-order valence-electron chi connectivity index (χ2n) is 5.65. The van der Waals surface area contributed by atoms with E-state index in [0.29, 0.717) is 0 Å². The van der Waals surface area contributed by atoms with Crippen LogP contribution in [-0.2, 0) is 9.47 Å². The standard InChI is InChI=1S/C15H26O3/c1-12(2)8-7-9-13(3)10-11-17-14(16)18-15(4,5)6/h8,10H,7,9,11H2,1-6H3/b13-10+. The molecule has 0 spiro atoms. The fourth-order valence-corrected chi connectivity index (χ4v) is 1.22. The van der Waals surface area contributed by atoms with Crippen LogP contribution < -0.4 is 0 Å². The second kappa shape index (κ2) is 7.96. The van der Waals surface area contributed by atoms with Crippen LogP contribution >= 0.6 is 0 Å². The molecule has 0 aromatic heterocycles. The second-order valence-corrected chi connectivity index (χ2v) is 5.65. The maximum Gasteiger partial charge on any atom is 0.509 e. The molecular formula is C15H26O3. The van der Waals surface area contributed by atoms with Crippen molar-refractivity contribution in [1.82, 2.24) is 0 Å². The molecule has 0 aromatic carbocycles. The Hall–Kier alpha value is -1.25. The molecule has 104 valence electrons. The molecule has 0 atom stereocenters. The van der Waals surface area contributed by atoms with Gasteiger partial charge in [0.05, 0.1) is 0 Å². The summed E-state index contributed by atoms with van der Waals surface area (Å²) in [6.45, 7) is 11.9. The van der Waals surface area contributed by atoms with Gasteiger partial charge in [0, 0.05) is 0 Å². The lowest BCUT2D eigenvalue weighted by atomic mass is 10.1. The molecule has 18 heavy (non-hydrogen) atoms. The molecule has 0 aromatic rings. The summed E-state index contributed by atoms with van der Waals surface area (Å²) in [7, 11) is 0. The molecule has 0 rings (SSSR count). The van der Waals surface area contributed by atoms with Gasteiger partial charge < -0.3 is 9.47 Å². The number of hydrogen-bond acceptors (Lipinski definition) is 3. The highest BCUT2D eigenvalue weighted by Crippen LogP contribution is 2.09. The Balaban J connectivity index is 3.87. The first kappa shape index (κ1) is 16.8. The van der Waals surface area contributed by atoms with Crippen molar-refractivity contribution in [2.24, 2.45) is 0 Å². The van der Waals surface area contributed by atoms with Crippen LogP contribution in [0, 0.1) is 0 Å². The summed E-state index contributed by atoms with van der Waals surface area (Å²) in [6.07, 6.45) is 5.52. The Labute approximate surface area is 111 Å². The molecule has 0 saturated carbocycles. The van der Waals surface area contributed by atoms with Gasteiger partial charge in [-0.05, 0) is 60.5 Å². The van der Waals surface area contributed by atoms with Crippen LogP contribution in [0.25, 0.3) is 0 Å². The molecule has 3 nitrogen and oxygen atoms in total. The van der Waals surface area contributed by atoms with Crippen LogP contribution in [-0.4, -0.2) is 18.4 Å². The smallest absolute Gasteiger partial charge is 0.430 e. The molecule has 0 aliphatic rings. The number of allylic oxidation sites excluding steroid dienone is 3. The molecule has 3 heteroatoms. The summed E-state index contributed by atoms with van der Waals surface area (Å²) < 4.78 is 10.00. The van der Waals surface area contributed by atoms with Gasteiger partial charge in [0.1, 0.15) is 12.2 Å². The Morgan fingerprint density at radius 3 is 2.22 bits per heavy atom. The van der Waals surface area contributed by atoms with Crippen LogP contribution in [0.4, 0.5) is 4.79 Å². The van der Waals surface area contributed by atoms with Gasteiger partial charge in [-0.25, -0.2) is 4.79 Å². The van der Waals surface area contributed by atoms with Crippen LogP contribution in [0.5, 0.6) is 0 Å². The van der Waals surface area contributed by atoms with Crippen molar-refractivity contribution >= 4 is 6.16 Å². The number of rotatable bonds is 5. The normalized spacial score (nSPS) is 12.0. The van der Waals surface area contributed by atoms with Gasteiger partial charge >= 0.3 is 6.16 Å². The molecule has 0 aliphatic heterocycles. The zero-order chi connectivity index (χ0) is 14.2. The van der Waals surface area contributed by atoms with Crippen molar-refractivity contribution < 1.29 is 14.3 Å². The van der Waals surface area contributed by atoms with E-state index in [9.17, 15) is 4.79 Å². The summed E-state index contributed by atoms with van der Waals surface area (Å²) in [6, 6.07) is 0. The monoisotopic (exact) mass is 254 g/mol. The zero-order valence-electron chi connectivity index (χ0n) is 12.5. The van der Waals surface area contributed by atoms with E-state index in [0.717, 1.165) is 12.8 Å². The average molecular weight is 254 g/mol. The molecule has 0 fully saturated rings. The van der Waals surface area contributed by atoms with Crippen molar-refractivity contribution in [2.75, 3.05) is 6.61 Å². The van der Waals surface area contributed by atoms with Crippen molar-refractivity contribution in [3.05, 3.63) is 23.3 Å². The predicted octanol–water partition coefficient (Wildman–Crippen LogP) is 4.63. The first-order valence-corrected chi connectivity index (χ1v) is 6.35. The van der Waals surface area contributed by atoms with Gasteiger partial charge in [-0.15, -0.1) is 0 Å². The fraction of sp³-hybridized carbons (Fsp3) is 0.667. The van der Waals surface area contributed by atoms with E-state index in [2.05, 4.69) is 19.9 Å². The van der Waals surface area contributed by atoms with E-state index in [1.165, 1.54) is 11.1 Å². The van der Waals surface area contributed by atoms with Crippen LogP contribution in [0.1, 0.15) is 54.4 Å². The Morgan fingerprint density at radius 1 is 1.11 bits per heavy atom. The van der Waals surface area contributed by atoms with E-state index in [4.69, 9.17) is 9.47 Å². The van der Waals surface area contributed by atoms with E-state index in [-0.39, 0.29) is 6.61 Å². The van der Waals surface area contributed by atoms with E-state index in [1.54, 1.807) is 0 Å². The molecular weight excluding hydrogens is 228 g/mol. The SMILES string of the molecule is CC(C)=CCC/C(C)=C/COC(=O)OC(C)(C)C. The highest BCUT2D eigenvalue weighted by molar-refractivity contribution is 5.60. The predicted molar refractivity (Wildman–Crippen MR) is 74.6 cm³/mol. The summed E-state index contributed by atoms with van der Waals surface area (Å²) >= 11 is 0. The van der Waals surface area contributed by atoms with Crippen molar-refractivity contribution in [3.63, 3.8) is 0 Å². The minimum absolute atomic E-state index is 0.273. The maximum absolute atomic E-state index is 11.3. The highest BCUT2D eigenvalue weighted by atomic mass is 16.7. The minimum Gasteiger partial charge on any atom is -0.430 e. The van der Waals surface area contributed by atoms with E-state index >= 15 is 0 Å². The molecule has 0 unspecified atom stereocenters. The summed E-state index contributed by atoms with van der Waals surface area (Å²) in [5.41, 5.74) is 2.04. The van der Waals surface area contributed by atoms with Gasteiger partial charge in [-0.1, -0.05) is 17.2 Å². The van der Waals surface area contributed by atoms with Crippen LogP contribution in [0.3, 0.4) is 0 Å². The summed E-state index contributed by atoms with van der Waals surface area (Å²) in [4.78, 5) is 11.3. The number of ether oxygens (including phenoxy) is 2. The van der Waals surface area contributed by atoms with E-state index < -0.39 is 11.8 Å². The largest absolute Gasteiger partial charge is 0.509 e. The topological polar surface area (TPSA) is 35.5 Å². The van der Waals surface area contributed by atoms with Gasteiger partial charge in [0.25, 0.3) is 0 Å². The molecule has 0 heterocycles. The summed E-state index contributed by atoms with van der Waals surface area (Å²) in [5.74, 6) is 0. The van der Waals surface area contributed by atoms with Crippen molar-refractivity contribution in [3.8, 4) is 0 Å². The molecule has 0 saturated heterocycles. The third kappa shape index (κ3) is 11.2. The Kier molecular flexibility index (Phi) is 7.41. The van der Waals surface area contributed by atoms with Crippen LogP contribution in [0.2, 0.25) is 0 Å². The van der Waals surface area contributed by atoms with Crippen molar-refractivity contribution in [1.29, 1.82) is 0 Å². The van der Waals surface area contributed by atoms with Gasteiger partial charge in [0.2, 0.25) is 0 Å². The highest BCUT2D eigenvalue weighted by Gasteiger charge is 2.16. The number of hydrogen-bond donors (Lipinski definition) is 0. The van der Waals surface area contributed by atoms with Gasteiger partial charge in [-0.3, -0.25) is 0 Å². The van der Waals surface area contributed by atoms with Gasteiger partial charge in [-0.2, -0.15) is 0 Å². The minimum atomic E-state index is -0.615. The zero-order valence-corrected chi connectivity index (χ0v) is 12.5. The number of carbonyl (C=O) groups is 1. The Morgan fingerprint density at radius 2 is 1.72 bits per heavy atom. The lowest BCUT2D eigenvalue weighted by Crippen LogP contribution is -2.24. The first-order chi connectivity index (χ1) is 8.20. The molecule has 0 aliphatic carbocycles. The average Bonchev–Trinajstić information content (AvgIpc) is 2.13.